The Hall–Kier alpha value is -1.91. The second-order valence-electron chi connectivity index (χ2n) is 6.32. The molecule has 0 radical (unpaired) electrons. The van der Waals surface area contributed by atoms with Gasteiger partial charge in [-0.05, 0) is 54.6 Å². The fourth-order valence-electron chi connectivity index (χ4n) is 2.44. The topological polar surface area (TPSA) is 66.5 Å². The lowest BCUT2D eigenvalue weighted by molar-refractivity contribution is -0.137. The smallest absolute Gasteiger partial charge is 0.354 e. The number of carbonyl (C=O) groups is 1. The van der Waals surface area contributed by atoms with Crippen molar-refractivity contribution in [2.45, 2.75) is 17.5 Å². The fourth-order valence-corrected chi connectivity index (χ4v) is 4.27. The minimum atomic E-state index is -4.62. The van der Waals surface area contributed by atoms with Crippen LogP contribution in [0.2, 0.25) is 5.02 Å². The van der Waals surface area contributed by atoms with Crippen molar-refractivity contribution in [1.82, 2.24) is 5.32 Å². The lowest BCUT2D eigenvalue weighted by atomic mass is 10.2. The predicted molar refractivity (Wildman–Crippen MR) is 113 cm³/mol. The Morgan fingerprint density at radius 3 is 2.43 bits per heavy atom. The number of alkyl halides is 3. The molecule has 0 bridgehead atoms. The molecular formula is C19H20ClF3N2O3S2. The van der Waals surface area contributed by atoms with Gasteiger partial charge in [-0.3, -0.25) is 9.10 Å². The van der Waals surface area contributed by atoms with E-state index in [1.54, 1.807) is 23.9 Å². The molecule has 2 aromatic rings. The van der Waals surface area contributed by atoms with E-state index in [-0.39, 0.29) is 5.69 Å². The van der Waals surface area contributed by atoms with Crippen LogP contribution in [0, 0.1) is 0 Å². The van der Waals surface area contributed by atoms with E-state index in [0.29, 0.717) is 34.1 Å². The predicted octanol–water partition coefficient (Wildman–Crippen LogP) is 4.42. The molecule has 0 unspecified atom stereocenters. The average Bonchev–Trinajstić information content (AvgIpc) is 2.66. The lowest BCUT2D eigenvalue weighted by Crippen LogP contribution is -2.40. The molecule has 0 fully saturated rings. The number of carbonyl (C=O) groups excluding carboxylic acids is 1. The third kappa shape index (κ3) is 7.73. The van der Waals surface area contributed by atoms with E-state index >= 15 is 0 Å². The maximum Gasteiger partial charge on any atom is 0.416 e. The first-order valence-electron chi connectivity index (χ1n) is 8.77. The summed E-state index contributed by atoms with van der Waals surface area (Å²) in [5.41, 5.74) is -1.21. The van der Waals surface area contributed by atoms with Crippen LogP contribution in [0.25, 0.3) is 0 Å². The number of sulfonamides is 1. The Kier molecular flexibility index (Phi) is 8.45. The largest absolute Gasteiger partial charge is 0.416 e. The molecule has 0 heterocycles. The molecule has 0 aliphatic carbocycles. The van der Waals surface area contributed by atoms with Crippen LogP contribution < -0.4 is 9.62 Å². The molecule has 0 aliphatic rings. The minimum absolute atomic E-state index is 0.222. The number of halogens is 4. The number of nitrogens with one attached hydrogen (secondary N) is 1. The third-order valence-electron chi connectivity index (χ3n) is 3.87. The second kappa shape index (κ2) is 10.4. The number of nitrogens with zero attached hydrogens (tertiary/aromatic N) is 1. The maximum absolute atomic E-state index is 12.9. The Labute approximate surface area is 182 Å². The van der Waals surface area contributed by atoms with E-state index in [9.17, 15) is 26.4 Å². The number of benzene rings is 2. The van der Waals surface area contributed by atoms with Gasteiger partial charge >= 0.3 is 6.18 Å². The van der Waals surface area contributed by atoms with E-state index in [0.717, 1.165) is 23.3 Å². The molecule has 0 atom stereocenters. The molecule has 30 heavy (non-hydrogen) atoms. The Bertz CT molecular complexity index is 968. The van der Waals surface area contributed by atoms with E-state index in [1.165, 1.54) is 6.07 Å². The molecule has 1 N–H and O–H groups in total. The van der Waals surface area contributed by atoms with Gasteiger partial charge in [-0.1, -0.05) is 17.7 Å². The van der Waals surface area contributed by atoms with Crippen molar-refractivity contribution in [2.24, 2.45) is 0 Å². The Morgan fingerprint density at radius 2 is 1.83 bits per heavy atom. The van der Waals surface area contributed by atoms with Gasteiger partial charge in [0.25, 0.3) is 0 Å². The highest BCUT2D eigenvalue weighted by Crippen LogP contribution is 2.32. The molecule has 0 saturated carbocycles. The second-order valence-corrected chi connectivity index (χ2v) is 9.84. The quantitative estimate of drug-likeness (QED) is 0.426. The van der Waals surface area contributed by atoms with E-state index in [4.69, 9.17) is 11.6 Å². The minimum Gasteiger partial charge on any atom is -0.354 e. The third-order valence-corrected chi connectivity index (χ3v) is 6.37. The van der Waals surface area contributed by atoms with Crippen LogP contribution in [-0.4, -0.2) is 39.4 Å². The first-order chi connectivity index (χ1) is 14.0. The molecule has 5 nitrogen and oxygen atoms in total. The highest BCUT2D eigenvalue weighted by Gasteiger charge is 2.31. The zero-order valence-corrected chi connectivity index (χ0v) is 18.3. The number of hydrogen-bond acceptors (Lipinski definition) is 4. The molecule has 164 valence electrons. The molecule has 0 aromatic heterocycles. The first kappa shape index (κ1) is 24.4. The van der Waals surface area contributed by atoms with Gasteiger partial charge in [-0.15, -0.1) is 11.8 Å². The lowest BCUT2D eigenvalue weighted by Gasteiger charge is -2.22. The average molecular weight is 481 g/mol. The van der Waals surface area contributed by atoms with Gasteiger partial charge in [0, 0.05) is 16.5 Å². The Morgan fingerprint density at radius 1 is 1.17 bits per heavy atom. The van der Waals surface area contributed by atoms with Crippen molar-refractivity contribution in [3.63, 3.8) is 0 Å². The molecule has 2 aromatic carbocycles. The SMILES string of the molecule is CS(=O)(=O)N(CC(=O)NCCCSc1ccc(Cl)cc1)c1cccc(C(F)(F)F)c1. The summed E-state index contributed by atoms with van der Waals surface area (Å²) in [4.78, 5) is 13.2. The molecule has 0 spiro atoms. The van der Waals surface area contributed by atoms with E-state index in [2.05, 4.69) is 5.32 Å². The molecule has 0 aliphatic heterocycles. The molecular weight excluding hydrogens is 461 g/mol. The van der Waals surface area contributed by atoms with Crippen LogP contribution in [0.4, 0.5) is 18.9 Å². The summed E-state index contributed by atoms with van der Waals surface area (Å²) >= 11 is 7.40. The molecule has 2 rings (SSSR count). The fraction of sp³-hybridized carbons (Fsp3) is 0.316. The Balaban J connectivity index is 1.91. The maximum atomic E-state index is 12.9. The van der Waals surface area contributed by atoms with Crippen LogP contribution >= 0.6 is 23.4 Å². The van der Waals surface area contributed by atoms with Gasteiger partial charge in [-0.25, -0.2) is 8.42 Å². The van der Waals surface area contributed by atoms with Gasteiger partial charge < -0.3 is 5.32 Å². The number of hydrogen-bond donors (Lipinski definition) is 1. The summed E-state index contributed by atoms with van der Waals surface area (Å²) in [5, 5.41) is 3.24. The summed E-state index contributed by atoms with van der Waals surface area (Å²) in [7, 11) is -3.96. The zero-order chi connectivity index (χ0) is 22.4. The number of rotatable bonds is 9. The van der Waals surface area contributed by atoms with Gasteiger partial charge in [0.2, 0.25) is 15.9 Å². The van der Waals surface area contributed by atoms with Crippen LogP contribution in [0.5, 0.6) is 0 Å². The van der Waals surface area contributed by atoms with Crippen molar-refractivity contribution >= 4 is 45.0 Å². The van der Waals surface area contributed by atoms with Crippen molar-refractivity contribution in [1.29, 1.82) is 0 Å². The first-order valence-corrected chi connectivity index (χ1v) is 12.0. The molecule has 11 heteroatoms. The molecule has 0 saturated heterocycles. The number of thioether (sulfide) groups is 1. The van der Waals surface area contributed by atoms with Gasteiger partial charge in [-0.2, -0.15) is 13.2 Å². The van der Waals surface area contributed by atoms with Gasteiger partial charge in [0.1, 0.15) is 6.54 Å². The summed E-state index contributed by atoms with van der Waals surface area (Å²) in [6.07, 6.45) is -3.16. The number of anilines is 1. The van der Waals surface area contributed by atoms with Crippen LogP contribution in [0.3, 0.4) is 0 Å². The van der Waals surface area contributed by atoms with Crippen LogP contribution in [0.1, 0.15) is 12.0 Å². The summed E-state index contributed by atoms with van der Waals surface area (Å²) < 4.78 is 63.5. The zero-order valence-electron chi connectivity index (χ0n) is 15.9. The van der Waals surface area contributed by atoms with Crippen molar-refractivity contribution in [2.75, 3.05) is 29.4 Å². The summed E-state index contributed by atoms with van der Waals surface area (Å²) in [6.45, 7) is -0.302. The van der Waals surface area contributed by atoms with E-state index in [1.807, 2.05) is 12.1 Å². The highest BCUT2D eigenvalue weighted by molar-refractivity contribution is 7.99. The summed E-state index contributed by atoms with van der Waals surface area (Å²) in [6, 6.07) is 11.2. The van der Waals surface area contributed by atoms with Crippen molar-refractivity contribution in [3.05, 3.63) is 59.1 Å². The standard InChI is InChI=1S/C19H20ClF3N2O3S2/c1-30(27,28)25(16-5-2-4-14(12-16)19(21,22)23)13-18(26)24-10-3-11-29-17-8-6-15(20)7-9-17/h2,4-9,12H,3,10-11,13H2,1H3,(H,24,26). The summed E-state index contributed by atoms with van der Waals surface area (Å²) in [5.74, 6) is 0.111. The molecule has 1 amide bonds. The van der Waals surface area contributed by atoms with Gasteiger partial charge in [0.15, 0.2) is 0 Å². The highest BCUT2D eigenvalue weighted by atomic mass is 35.5. The van der Waals surface area contributed by atoms with Crippen LogP contribution in [0.15, 0.2) is 53.4 Å². The van der Waals surface area contributed by atoms with E-state index < -0.39 is 34.2 Å². The van der Waals surface area contributed by atoms with Crippen molar-refractivity contribution < 1.29 is 26.4 Å². The van der Waals surface area contributed by atoms with Crippen molar-refractivity contribution in [3.8, 4) is 0 Å². The van der Waals surface area contributed by atoms with Gasteiger partial charge in [0.05, 0.1) is 17.5 Å². The van der Waals surface area contributed by atoms with Crippen LogP contribution in [-0.2, 0) is 21.0 Å². The number of amides is 1. The normalized spacial score (nSPS) is 11.9. The monoisotopic (exact) mass is 480 g/mol.